The van der Waals surface area contributed by atoms with Crippen LogP contribution in [0.1, 0.15) is 30.0 Å². The Kier molecular flexibility index (Phi) is 5.44. The van der Waals surface area contributed by atoms with Gasteiger partial charge < -0.3 is 5.32 Å². The molecule has 0 saturated heterocycles. The van der Waals surface area contributed by atoms with Gasteiger partial charge in [0.25, 0.3) is 0 Å². The van der Waals surface area contributed by atoms with Crippen molar-refractivity contribution in [3.8, 4) is 0 Å². The monoisotopic (exact) mass is 362 g/mol. The number of nitrogens with one attached hydrogen (secondary N) is 1. The van der Waals surface area contributed by atoms with Crippen LogP contribution in [0.25, 0.3) is 0 Å². The Morgan fingerprint density at radius 1 is 1.21 bits per heavy atom. The predicted molar refractivity (Wildman–Crippen MR) is 98.3 cm³/mol. The molecule has 3 rings (SSSR count). The minimum absolute atomic E-state index is 0.0382. The van der Waals surface area contributed by atoms with Gasteiger partial charge in [-0.15, -0.1) is 0 Å². The molecule has 1 N–H and O–H groups in total. The summed E-state index contributed by atoms with van der Waals surface area (Å²) in [6, 6.07) is 15.3. The lowest BCUT2D eigenvalue weighted by Gasteiger charge is -2.28. The minimum Gasteiger partial charge on any atom is -0.352 e. The summed E-state index contributed by atoms with van der Waals surface area (Å²) in [5, 5.41) is 4.33. The highest BCUT2D eigenvalue weighted by molar-refractivity contribution is 6.35. The molecule has 0 unspecified atom stereocenters. The lowest BCUT2D eigenvalue weighted by Crippen LogP contribution is -2.39. The molecule has 1 saturated carbocycles. The molecule has 24 heavy (non-hydrogen) atoms. The second kappa shape index (κ2) is 7.56. The number of carbonyl (C=O) groups excluding carboxylic acids is 1. The van der Waals surface area contributed by atoms with Crippen molar-refractivity contribution in [2.45, 2.75) is 31.5 Å². The zero-order valence-electron chi connectivity index (χ0n) is 13.5. The third-order valence-corrected chi connectivity index (χ3v) is 4.75. The van der Waals surface area contributed by atoms with Gasteiger partial charge in [-0.2, -0.15) is 0 Å². The van der Waals surface area contributed by atoms with Gasteiger partial charge in [0, 0.05) is 22.6 Å². The van der Waals surface area contributed by atoms with Crippen molar-refractivity contribution in [2.75, 3.05) is 7.05 Å². The second-order valence-corrected chi connectivity index (χ2v) is 7.09. The lowest BCUT2D eigenvalue weighted by molar-refractivity contribution is -0.126. The zero-order valence-corrected chi connectivity index (χ0v) is 15.0. The number of benzene rings is 2. The van der Waals surface area contributed by atoms with E-state index in [1.807, 2.05) is 54.4 Å². The number of carbonyl (C=O) groups is 1. The molecule has 126 valence electrons. The molecule has 3 nitrogen and oxygen atoms in total. The quantitative estimate of drug-likeness (QED) is 0.823. The molecule has 0 spiro atoms. The topological polar surface area (TPSA) is 32.3 Å². The van der Waals surface area contributed by atoms with Crippen molar-refractivity contribution < 1.29 is 4.79 Å². The average molecular weight is 363 g/mol. The van der Waals surface area contributed by atoms with E-state index in [4.69, 9.17) is 23.2 Å². The van der Waals surface area contributed by atoms with E-state index in [9.17, 15) is 4.79 Å². The fourth-order valence-electron chi connectivity index (χ4n) is 2.76. The third kappa shape index (κ3) is 4.29. The van der Waals surface area contributed by atoms with Gasteiger partial charge in [0.05, 0.1) is 0 Å². The molecule has 1 fully saturated rings. The van der Waals surface area contributed by atoms with Crippen LogP contribution in [0.2, 0.25) is 10.0 Å². The molecule has 0 aliphatic heterocycles. The molecule has 2 aromatic carbocycles. The summed E-state index contributed by atoms with van der Waals surface area (Å²) in [5.41, 5.74) is 1.92. The molecule has 0 radical (unpaired) electrons. The molecule has 2 aromatic rings. The van der Waals surface area contributed by atoms with Gasteiger partial charge >= 0.3 is 0 Å². The van der Waals surface area contributed by atoms with Gasteiger partial charge in [-0.3, -0.25) is 9.69 Å². The Bertz CT molecular complexity index is 717. The van der Waals surface area contributed by atoms with E-state index in [1.54, 1.807) is 6.07 Å². The Labute approximate surface area is 152 Å². The van der Waals surface area contributed by atoms with Crippen LogP contribution in [-0.2, 0) is 11.3 Å². The van der Waals surface area contributed by atoms with Gasteiger partial charge in [0.1, 0.15) is 6.04 Å². The van der Waals surface area contributed by atoms with Crippen LogP contribution in [0.3, 0.4) is 0 Å². The van der Waals surface area contributed by atoms with Crippen molar-refractivity contribution >= 4 is 29.1 Å². The van der Waals surface area contributed by atoms with Gasteiger partial charge in [0.2, 0.25) is 5.91 Å². The first-order valence-electron chi connectivity index (χ1n) is 8.04. The minimum atomic E-state index is -0.349. The number of rotatable bonds is 6. The molecule has 1 aliphatic rings. The largest absolute Gasteiger partial charge is 0.352 e. The maximum absolute atomic E-state index is 12.8. The Balaban J connectivity index is 1.82. The third-order valence-electron chi connectivity index (χ3n) is 4.16. The lowest BCUT2D eigenvalue weighted by atomic mass is 10.0. The standard InChI is InChI=1S/C19H20Cl2N2O/c1-23(12-14-7-8-15(20)11-17(14)21)18(13-5-3-2-4-6-13)19(24)22-16-9-10-16/h2-8,11,16,18H,9-10,12H2,1H3,(H,22,24)/t18-/m0/s1. The van der Waals surface area contributed by atoms with E-state index in [2.05, 4.69) is 5.32 Å². The Morgan fingerprint density at radius 2 is 1.92 bits per heavy atom. The average Bonchev–Trinajstić information content (AvgIpc) is 3.35. The van der Waals surface area contributed by atoms with E-state index in [-0.39, 0.29) is 11.9 Å². The van der Waals surface area contributed by atoms with Gasteiger partial charge in [-0.1, -0.05) is 59.6 Å². The van der Waals surface area contributed by atoms with Crippen molar-refractivity contribution in [1.29, 1.82) is 0 Å². The van der Waals surface area contributed by atoms with Gasteiger partial charge in [0.15, 0.2) is 0 Å². The van der Waals surface area contributed by atoms with E-state index in [0.29, 0.717) is 22.6 Å². The molecule has 1 atom stereocenters. The fourth-order valence-corrected chi connectivity index (χ4v) is 3.23. The Morgan fingerprint density at radius 3 is 2.54 bits per heavy atom. The molecular formula is C19H20Cl2N2O. The smallest absolute Gasteiger partial charge is 0.242 e. The van der Waals surface area contributed by atoms with Crippen LogP contribution in [0.5, 0.6) is 0 Å². The molecule has 1 amide bonds. The first kappa shape index (κ1) is 17.3. The second-order valence-electron chi connectivity index (χ2n) is 6.25. The van der Waals surface area contributed by atoms with Gasteiger partial charge in [-0.25, -0.2) is 0 Å². The first-order chi connectivity index (χ1) is 11.5. The molecular weight excluding hydrogens is 343 g/mol. The summed E-state index contributed by atoms with van der Waals surface area (Å²) in [6.45, 7) is 0.563. The number of hydrogen-bond donors (Lipinski definition) is 1. The van der Waals surface area contributed by atoms with Crippen LogP contribution >= 0.6 is 23.2 Å². The molecule has 0 heterocycles. The van der Waals surface area contributed by atoms with Crippen molar-refractivity contribution in [1.82, 2.24) is 10.2 Å². The highest BCUT2D eigenvalue weighted by Gasteiger charge is 2.30. The zero-order chi connectivity index (χ0) is 17.1. The highest BCUT2D eigenvalue weighted by atomic mass is 35.5. The number of amides is 1. The van der Waals surface area contributed by atoms with Crippen LogP contribution in [-0.4, -0.2) is 23.9 Å². The van der Waals surface area contributed by atoms with Gasteiger partial charge in [-0.05, 0) is 43.1 Å². The van der Waals surface area contributed by atoms with Crippen molar-refractivity contribution in [3.63, 3.8) is 0 Å². The molecule has 1 aliphatic carbocycles. The number of hydrogen-bond acceptors (Lipinski definition) is 2. The van der Waals surface area contributed by atoms with Crippen LogP contribution in [0.15, 0.2) is 48.5 Å². The number of likely N-dealkylation sites (N-methyl/N-ethyl adjacent to an activating group) is 1. The van der Waals surface area contributed by atoms with E-state index in [0.717, 1.165) is 24.0 Å². The van der Waals surface area contributed by atoms with E-state index < -0.39 is 0 Å². The predicted octanol–water partition coefficient (Wildman–Crippen LogP) is 4.45. The van der Waals surface area contributed by atoms with Crippen molar-refractivity contribution in [3.05, 3.63) is 69.7 Å². The maximum Gasteiger partial charge on any atom is 0.242 e. The molecule has 0 aromatic heterocycles. The SMILES string of the molecule is CN(Cc1ccc(Cl)cc1Cl)[C@H](C(=O)NC1CC1)c1ccccc1. The van der Waals surface area contributed by atoms with Crippen LogP contribution in [0.4, 0.5) is 0 Å². The summed E-state index contributed by atoms with van der Waals surface area (Å²) < 4.78 is 0. The summed E-state index contributed by atoms with van der Waals surface area (Å²) in [5.74, 6) is 0.0382. The maximum atomic E-state index is 12.8. The summed E-state index contributed by atoms with van der Waals surface area (Å²) >= 11 is 12.3. The Hall–Kier alpha value is -1.55. The molecule has 5 heteroatoms. The van der Waals surface area contributed by atoms with E-state index >= 15 is 0 Å². The van der Waals surface area contributed by atoms with Crippen LogP contribution in [0, 0.1) is 0 Å². The summed E-state index contributed by atoms with van der Waals surface area (Å²) in [4.78, 5) is 14.8. The number of halogens is 2. The summed E-state index contributed by atoms with van der Waals surface area (Å²) in [7, 11) is 1.94. The first-order valence-corrected chi connectivity index (χ1v) is 8.79. The van der Waals surface area contributed by atoms with Crippen molar-refractivity contribution in [2.24, 2.45) is 0 Å². The van der Waals surface area contributed by atoms with Crippen LogP contribution < -0.4 is 5.32 Å². The fraction of sp³-hybridized carbons (Fsp3) is 0.316. The molecule has 0 bridgehead atoms. The normalized spacial score (nSPS) is 15.3. The van der Waals surface area contributed by atoms with E-state index in [1.165, 1.54) is 0 Å². The summed E-state index contributed by atoms with van der Waals surface area (Å²) in [6.07, 6.45) is 2.14. The highest BCUT2D eigenvalue weighted by Crippen LogP contribution is 2.28. The number of nitrogens with zero attached hydrogens (tertiary/aromatic N) is 1.